The van der Waals surface area contributed by atoms with Crippen molar-refractivity contribution in [3.05, 3.63) is 33.9 Å². The number of hydrogen-bond donors (Lipinski definition) is 1. The molecule has 2 aliphatic carbocycles. The van der Waals surface area contributed by atoms with Gasteiger partial charge in [0, 0.05) is 31.5 Å². The summed E-state index contributed by atoms with van der Waals surface area (Å²) in [6, 6.07) is 6.43. The molecule has 0 amide bonds. The highest BCUT2D eigenvalue weighted by molar-refractivity contribution is 5.62. The number of nitro benzene ring substituents is 1. The van der Waals surface area contributed by atoms with E-state index in [1.54, 1.807) is 0 Å². The molecule has 1 heterocycles. The van der Waals surface area contributed by atoms with Gasteiger partial charge in [-0.3, -0.25) is 10.1 Å². The average Bonchev–Trinajstić information content (AvgIpc) is 3.31. The lowest BCUT2D eigenvalue weighted by Gasteiger charge is -2.49. The molecule has 3 fully saturated rings. The number of anilines is 1. The highest BCUT2D eigenvalue weighted by Crippen LogP contribution is 2.68. The van der Waals surface area contributed by atoms with E-state index in [0.717, 1.165) is 19.3 Å². The Bertz CT molecular complexity index is 777. The molecule has 1 aromatic rings. The van der Waals surface area contributed by atoms with Crippen molar-refractivity contribution in [2.45, 2.75) is 44.8 Å². The molecule has 0 bridgehead atoms. The van der Waals surface area contributed by atoms with Gasteiger partial charge in [0.2, 0.25) is 0 Å². The van der Waals surface area contributed by atoms with Gasteiger partial charge in [-0.1, -0.05) is 6.92 Å². The summed E-state index contributed by atoms with van der Waals surface area (Å²) in [7, 11) is 0. The fraction of sp³-hybridized carbons (Fsp3) is 0.632. The first kappa shape index (κ1) is 17.3. The minimum Gasteiger partial charge on any atom is -0.383 e. The maximum absolute atomic E-state index is 11.1. The third kappa shape index (κ3) is 2.74. The van der Waals surface area contributed by atoms with Gasteiger partial charge in [0.15, 0.2) is 5.79 Å². The largest absolute Gasteiger partial charge is 0.383 e. The summed E-state index contributed by atoms with van der Waals surface area (Å²) in [5, 5.41) is 23.7. The van der Waals surface area contributed by atoms with Crippen LogP contribution in [0.15, 0.2) is 18.2 Å². The number of nitro groups is 1. The maximum atomic E-state index is 11.1. The van der Waals surface area contributed by atoms with Gasteiger partial charge in [-0.15, -0.1) is 0 Å². The van der Waals surface area contributed by atoms with Gasteiger partial charge >= 0.3 is 0 Å². The van der Waals surface area contributed by atoms with E-state index in [1.807, 2.05) is 0 Å². The molecule has 1 atom stereocenters. The van der Waals surface area contributed by atoms with Crippen LogP contribution in [0.25, 0.3) is 0 Å². The Morgan fingerprint density at radius 3 is 2.58 bits per heavy atom. The molecule has 0 aromatic heterocycles. The van der Waals surface area contributed by atoms with Crippen LogP contribution in [-0.4, -0.2) is 30.5 Å². The quantitative estimate of drug-likeness (QED) is 0.653. The normalized spacial score (nSPS) is 28.0. The van der Waals surface area contributed by atoms with Crippen molar-refractivity contribution >= 4 is 11.4 Å². The first-order valence-electron chi connectivity index (χ1n) is 9.11. The van der Waals surface area contributed by atoms with Crippen LogP contribution in [0, 0.1) is 32.3 Å². The maximum Gasteiger partial charge on any atom is 0.271 e. The molecule has 7 heteroatoms. The summed E-state index contributed by atoms with van der Waals surface area (Å²) in [5.74, 6) is -0.481. The van der Waals surface area contributed by atoms with Crippen molar-refractivity contribution in [3.8, 4) is 6.07 Å². The Morgan fingerprint density at radius 2 is 1.96 bits per heavy atom. The Kier molecular flexibility index (Phi) is 3.94. The molecular weight excluding hydrogens is 334 g/mol. The Balaban J connectivity index is 1.57. The number of nitrogens with zero attached hydrogens (tertiary/aromatic N) is 2. The fourth-order valence-electron chi connectivity index (χ4n) is 4.78. The number of hydrogen-bond acceptors (Lipinski definition) is 6. The number of nitrogens with one attached hydrogen (secondary N) is 1. The first-order chi connectivity index (χ1) is 12.4. The van der Waals surface area contributed by atoms with Gasteiger partial charge < -0.3 is 14.8 Å². The highest BCUT2D eigenvalue weighted by atomic mass is 16.7. The second kappa shape index (κ2) is 5.93. The molecule has 1 aliphatic heterocycles. The Hall–Kier alpha value is -2.17. The summed E-state index contributed by atoms with van der Waals surface area (Å²) >= 11 is 0. The van der Waals surface area contributed by atoms with Crippen LogP contribution in [0.1, 0.15) is 44.6 Å². The molecule has 2 saturated carbocycles. The number of non-ortho nitro benzene ring substituents is 1. The summed E-state index contributed by atoms with van der Waals surface area (Å²) in [6.07, 6.45) is 5.21. The van der Waals surface area contributed by atoms with Crippen LogP contribution >= 0.6 is 0 Å². The monoisotopic (exact) mass is 357 g/mol. The second-order valence-corrected chi connectivity index (χ2v) is 8.08. The van der Waals surface area contributed by atoms with E-state index < -0.39 is 10.7 Å². The number of nitriles is 1. The predicted octanol–water partition coefficient (Wildman–Crippen LogP) is 3.59. The van der Waals surface area contributed by atoms with Crippen molar-refractivity contribution in [2.75, 3.05) is 25.1 Å². The Labute approximate surface area is 152 Å². The molecule has 1 aromatic carbocycles. The Morgan fingerprint density at radius 1 is 1.27 bits per heavy atom. The summed E-state index contributed by atoms with van der Waals surface area (Å²) in [4.78, 5) is 10.6. The number of ether oxygens (including phenoxy) is 2. The van der Waals surface area contributed by atoms with Crippen molar-refractivity contribution < 1.29 is 14.4 Å². The van der Waals surface area contributed by atoms with Crippen molar-refractivity contribution in [3.63, 3.8) is 0 Å². The molecule has 1 N–H and O–H groups in total. The van der Waals surface area contributed by atoms with Crippen LogP contribution in [0.5, 0.6) is 0 Å². The van der Waals surface area contributed by atoms with Gasteiger partial charge in [-0.2, -0.15) is 5.26 Å². The second-order valence-electron chi connectivity index (χ2n) is 8.08. The minimum absolute atomic E-state index is 0.0136. The molecule has 0 radical (unpaired) electrons. The molecular formula is C19H23N3O4. The van der Waals surface area contributed by atoms with E-state index in [1.165, 1.54) is 31.0 Å². The lowest BCUT2D eigenvalue weighted by Crippen LogP contribution is -2.50. The lowest BCUT2D eigenvalue weighted by molar-refractivity contribution is -0.384. The number of rotatable bonds is 4. The molecule has 7 nitrogen and oxygen atoms in total. The fourth-order valence-corrected chi connectivity index (χ4v) is 4.78. The summed E-state index contributed by atoms with van der Waals surface area (Å²) in [6.45, 7) is 4.17. The van der Waals surface area contributed by atoms with Crippen LogP contribution in [0.3, 0.4) is 0 Å². The molecule has 26 heavy (non-hydrogen) atoms. The van der Waals surface area contributed by atoms with Crippen molar-refractivity contribution in [1.82, 2.24) is 0 Å². The topological polar surface area (TPSA) is 97.4 Å². The summed E-state index contributed by atoms with van der Waals surface area (Å²) < 4.78 is 11.9. The zero-order valence-corrected chi connectivity index (χ0v) is 14.9. The lowest BCUT2D eigenvalue weighted by atomic mass is 9.62. The van der Waals surface area contributed by atoms with Gasteiger partial charge in [-0.25, -0.2) is 0 Å². The third-order valence-electron chi connectivity index (χ3n) is 6.59. The van der Waals surface area contributed by atoms with Crippen LogP contribution in [0.2, 0.25) is 0 Å². The van der Waals surface area contributed by atoms with Gasteiger partial charge in [0.05, 0.1) is 29.4 Å². The zero-order valence-electron chi connectivity index (χ0n) is 14.9. The van der Waals surface area contributed by atoms with Gasteiger partial charge in [0.1, 0.15) is 6.07 Å². The highest BCUT2D eigenvalue weighted by Gasteiger charge is 2.63. The van der Waals surface area contributed by atoms with E-state index in [4.69, 9.17) is 9.47 Å². The van der Waals surface area contributed by atoms with Gasteiger partial charge in [0.25, 0.3) is 5.69 Å². The molecule has 3 aliphatic rings. The smallest absolute Gasteiger partial charge is 0.271 e. The van der Waals surface area contributed by atoms with E-state index in [9.17, 15) is 15.4 Å². The average molecular weight is 357 g/mol. The van der Waals surface area contributed by atoms with E-state index in [-0.39, 0.29) is 16.5 Å². The van der Waals surface area contributed by atoms with Crippen LogP contribution in [-0.2, 0) is 9.47 Å². The molecule has 2 spiro atoms. The molecule has 4 rings (SSSR count). The van der Waals surface area contributed by atoms with Crippen LogP contribution < -0.4 is 5.32 Å². The standard InChI is InChI=1S/C19H23N3O4/c1-17(12-19(25-8-9-26-19)7-6-18(17)4-5-18)13-21-16-10-15(22(23)24)3-2-14(16)11-20/h2-3,10,21H,4-9,12-13H2,1H3. The van der Waals surface area contributed by atoms with Crippen LogP contribution in [0.4, 0.5) is 11.4 Å². The van der Waals surface area contributed by atoms with E-state index >= 15 is 0 Å². The van der Waals surface area contributed by atoms with Crippen molar-refractivity contribution in [2.24, 2.45) is 10.8 Å². The molecule has 1 saturated heterocycles. The molecule has 138 valence electrons. The minimum atomic E-state index is -0.481. The first-order valence-corrected chi connectivity index (χ1v) is 9.11. The number of benzene rings is 1. The zero-order chi connectivity index (χ0) is 18.4. The van der Waals surface area contributed by atoms with E-state index in [2.05, 4.69) is 18.3 Å². The van der Waals surface area contributed by atoms with Crippen molar-refractivity contribution in [1.29, 1.82) is 5.26 Å². The van der Waals surface area contributed by atoms with E-state index in [0.29, 0.717) is 31.0 Å². The third-order valence-corrected chi connectivity index (χ3v) is 6.59. The predicted molar refractivity (Wildman–Crippen MR) is 94.6 cm³/mol. The SMILES string of the molecule is CC1(CNc2cc([N+](=O)[O-])ccc2C#N)CC2(CCC13CC3)OCCO2. The van der Waals surface area contributed by atoms with Gasteiger partial charge in [-0.05, 0) is 36.2 Å². The summed E-state index contributed by atoms with van der Waals surface area (Å²) in [5.41, 5.74) is 1.16. The molecule has 1 unspecified atom stereocenters.